The number of hydrogen-bond donors (Lipinski definition) is 14. The van der Waals surface area contributed by atoms with Gasteiger partial charge < -0.3 is 51.5 Å². The minimum atomic E-state index is -5.16. The molecule has 0 aliphatic rings. The van der Waals surface area contributed by atoms with Gasteiger partial charge in [0.1, 0.15) is 36.0 Å². The van der Waals surface area contributed by atoms with Crippen molar-refractivity contribution in [3.05, 3.63) is 83.9 Å². The number of aromatic nitrogens is 6. The van der Waals surface area contributed by atoms with Crippen molar-refractivity contribution >= 4 is 161 Å². The number of nitrogens with one attached hydrogen (secondary N) is 4. The van der Waals surface area contributed by atoms with E-state index in [1.807, 2.05) is 0 Å². The molecule has 44 heteroatoms. The number of nitrogens with zero attached hydrogens (tertiary/aromatic N) is 8. The van der Waals surface area contributed by atoms with Crippen LogP contribution in [0.3, 0.4) is 0 Å². The molecule has 4 aromatic carbocycles. The van der Waals surface area contributed by atoms with E-state index in [4.69, 9.17) is 15.8 Å². The molecule has 448 valence electrons. The summed E-state index contributed by atoms with van der Waals surface area (Å²) in [5.74, 6) is -9.68. The third-order valence-electron chi connectivity index (χ3n) is 9.82. The molecule has 0 fully saturated rings. The molecule has 0 amide bonds. The van der Waals surface area contributed by atoms with Gasteiger partial charge in [-0.2, -0.15) is 55.2 Å². The van der Waals surface area contributed by atoms with Crippen molar-refractivity contribution in [2.45, 2.75) is 29.4 Å². The number of hydrogen-bond acceptors (Lipinski definition) is 34. The number of rotatable bonds is 32. The second-order valence-electron chi connectivity index (χ2n) is 15.6. The summed E-state index contributed by atoms with van der Waals surface area (Å²) in [5, 5.41) is 86.1. The first-order valence-corrected chi connectivity index (χ1v) is 28.2. The smallest absolute Gasteiger partial charge is 0.323 e. The lowest BCUT2D eigenvalue weighted by Gasteiger charge is -2.20. The third-order valence-corrected chi connectivity index (χ3v) is 14.4. The molecule has 14 N–H and O–H groups in total. The van der Waals surface area contributed by atoms with Crippen LogP contribution in [-0.2, 0) is 77.6 Å². The maximum absolute atomic E-state index is 12.9. The summed E-state index contributed by atoms with van der Waals surface area (Å²) in [6, 6.07) is 13.2. The minimum absolute atomic E-state index is 0.0275. The molecular weight excluding hydrogens is 1260 g/mol. The Labute approximate surface area is 481 Å². The van der Waals surface area contributed by atoms with Crippen molar-refractivity contribution in [2.75, 3.05) is 57.2 Å². The average Bonchev–Trinajstić information content (AvgIpc) is 2.37. The first kappa shape index (κ1) is 64.9. The molecule has 0 aliphatic carbocycles. The summed E-state index contributed by atoms with van der Waals surface area (Å²) in [6.07, 6.45) is 2.45. The maximum Gasteiger partial charge on any atom is 0.323 e. The van der Waals surface area contributed by atoms with E-state index in [0.717, 1.165) is 48.5 Å². The largest absolute Gasteiger partial charge is 0.480 e. The zero-order chi connectivity index (χ0) is 61.5. The molecule has 0 saturated carbocycles. The molecule has 0 radical (unpaired) electrons. The molecule has 0 unspecified atom stereocenters. The predicted octanol–water partition coefficient (Wildman–Crippen LogP) is 4.18. The number of benzene rings is 4. The Morgan fingerprint density at radius 3 is 1.38 bits per heavy atom. The molecule has 6 aromatic rings. The maximum atomic E-state index is 12.9. The van der Waals surface area contributed by atoms with Crippen LogP contribution in [0, 0.1) is 0 Å². The van der Waals surface area contributed by atoms with Crippen molar-refractivity contribution in [3.63, 3.8) is 0 Å². The summed E-state index contributed by atoms with van der Waals surface area (Å²) in [6.45, 7) is -4.03. The van der Waals surface area contributed by atoms with Gasteiger partial charge in [0.05, 0.1) is 57.3 Å². The fourth-order valence-corrected chi connectivity index (χ4v) is 9.82. The summed E-state index contributed by atoms with van der Waals surface area (Å²) < 4.78 is 118. The van der Waals surface area contributed by atoms with Crippen LogP contribution in [0.15, 0.2) is 102 Å². The third kappa shape index (κ3) is 19.1. The predicted molar refractivity (Wildman–Crippen MR) is 284 cm³/mol. The van der Waals surface area contributed by atoms with Gasteiger partial charge in [0, 0.05) is 21.2 Å². The number of carboxylic acid groups (broad SMARTS) is 4. The van der Waals surface area contributed by atoms with E-state index >= 15 is 0 Å². The van der Waals surface area contributed by atoms with Crippen LogP contribution in [0.1, 0.15) is 11.1 Å². The first-order chi connectivity index (χ1) is 39.6. The molecule has 2 heterocycles. The highest BCUT2D eigenvalue weighted by Crippen LogP contribution is 2.36. The van der Waals surface area contributed by atoms with Gasteiger partial charge in [-0.05, 0) is 71.8 Å². The lowest BCUT2D eigenvalue weighted by atomic mass is 10.1. The van der Waals surface area contributed by atoms with Crippen LogP contribution < -0.4 is 31.1 Å². The second kappa shape index (κ2) is 28.8. The van der Waals surface area contributed by atoms with Crippen molar-refractivity contribution in [1.29, 1.82) is 0 Å². The van der Waals surface area contributed by atoms with Gasteiger partial charge >= 0.3 is 23.9 Å². The molecular formula is C40H36N12O26S6. The quantitative estimate of drug-likeness (QED) is 0.00926. The minimum Gasteiger partial charge on any atom is -0.480 e. The normalized spacial score (nSPS) is 11.7. The molecule has 0 bridgehead atoms. The van der Waals surface area contributed by atoms with E-state index < -0.39 is 136 Å². The van der Waals surface area contributed by atoms with Crippen LogP contribution in [-0.4, -0.2) is 155 Å². The topological polar surface area (TPSA) is 560 Å². The number of aliphatic carboxylic acids is 4. The van der Waals surface area contributed by atoms with E-state index in [9.17, 15) is 78.5 Å². The first-order valence-electron chi connectivity index (χ1n) is 21.7. The molecule has 0 spiro atoms. The van der Waals surface area contributed by atoms with E-state index in [2.05, 4.69) is 79.3 Å². The van der Waals surface area contributed by atoms with Crippen molar-refractivity contribution in [3.8, 4) is 0 Å². The van der Waals surface area contributed by atoms with Gasteiger partial charge in [-0.3, -0.25) is 32.8 Å². The number of anilines is 10. The van der Waals surface area contributed by atoms with Gasteiger partial charge in [-0.1, -0.05) is 39.4 Å². The van der Waals surface area contributed by atoms with Crippen LogP contribution in [0.5, 0.6) is 0 Å². The Balaban J connectivity index is 1.38. The monoisotopic (exact) mass is 1290 g/mol. The molecule has 0 aliphatic heterocycles. The highest BCUT2D eigenvalue weighted by atomic mass is 32.2. The summed E-state index contributed by atoms with van der Waals surface area (Å²) >= 11 is 1.03. The molecule has 0 atom stereocenters. The molecule has 0 saturated heterocycles. The Kier molecular flexibility index (Phi) is 22.3. The Bertz CT molecular complexity index is 3800. The van der Waals surface area contributed by atoms with Crippen molar-refractivity contribution in [2.24, 2.45) is 0 Å². The Morgan fingerprint density at radius 1 is 0.464 bits per heavy atom. The standard InChI is InChI=1S/C40H36N12O26S6/c53-31(54)15-51(16-32(55)56)39-48-36(45-37(49-39)43-25-14-24(82(64,65)66)8-9-27(25)80-77-74-62)42-22-6-4-20(30(12-22)84(70,71)72)2-1-19-3-5-21(11-28(19)81-78-75-63)41-35-46-38(50-40(47-35)52(17-33(57)58)18-34(59)60)44-26-13-23(79-76-73-61)7-10-29(26)83(67,68)69/h1-14,61-63H,15-18H2,(H,53,54)(H,55,56)(H,57,58)(H,59,60)(H,64,65,66)(H,67,68,69)(H,70,71,72)(H2,41,44,46,47,50)(H2,42,43,45,48,49)/b2-1+. The van der Waals surface area contributed by atoms with Gasteiger partial charge in [0.25, 0.3) is 30.4 Å². The van der Waals surface area contributed by atoms with Gasteiger partial charge in [-0.25, -0.2) is 15.8 Å². The van der Waals surface area contributed by atoms with Gasteiger partial charge in [0.15, 0.2) is 0 Å². The Hall–Kier alpha value is -8.26. The zero-order valence-corrected chi connectivity index (χ0v) is 45.8. The summed E-state index contributed by atoms with van der Waals surface area (Å²) in [5.41, 5.74) is -0.986. The molecule has 6 rings (SSSR count). The van der Waals surface area contributed by atoms with Crippen molar-refractivity contribution < 1.29 is 122 Å². The van der Waals surface area contributed by atoms with Gasteiger partial charge in [-0.15, -0.1) is 13.0 Å². The molecule has 2 aromatic heterocycles. The van der Waals surface area contributed by atoms with Crippen LogP contribution >= 0.6 is 36.1 Å². The molecule has 84 heavy (non-hydrogen) atoms. The fourth-order valence-electron chi connectivity index (χ4n) is 6.64. The highest BCUT2D eigenvalue weighted by molar-refractivity contribution is 7.95. The fraction of sp³-hybridized carbons (Fsp3) is 0.100. The zero-order valence-electron chi connectivity index (χ0n) is 40.9. The second-order valence-corrected chi connectivity index (χ2v) is 22.1. The summed E-state index contributed by atoms with van der Waals surface area (Å²) in [7, 11) is -15.0. The average molecular weight is 1290 g/mol. The number of carbonyl (C=O) groups is 4. The SMILES string of the molecule is O=C(O)CN(CC(=O)O)c1nc(Nc2ccc(/C=C/c3ccc(Nc4nc(Nc5cc(SOOO)ccc5S(=O)(=O)O)nc(N(CC(=O)O)CC(=O)O)n4)cc3SOOO)c(S(=O)(=O)O)c2)nc(Nc2cc(S(=O)(=O)O)ccc2SOOO)n1. The number of carboxylic acids is 4. The Morgan fingerprint density at radius 2 is 0.905 bits per heavy atom. The lowest BCUT2D eigenvalue weighted by Crippen LogP contribution is -2.36. The van der Waals surface area contributed by atoms with E-state index in [0.29, 0.717) is 45.9 Å². The van der Waals surface area contributed by atoms with E-state index in [1.54, 1.807) is 0 Å². The van der Waals surface area contributed by atoms with Crippen molar-refractivity contribution in [1.82, 2.24) is 29.9 Å². The van der Waals surface area contributed by atoms with E-state index in [1.165, 1.54) is 36.4 Å². The highest BCUT2D eigenvalue weighted by Gasteiger charge is 2.25. The van der Waals surface area contributed by atoms with Gasteiger partial charge in [0.2, 0.25) is 35.7 Å². The van der Waals surface area contributed by atoms with Crippen LogP contribution in [0.2, 0.25) is 0 Å². The lowest BCUT2D eigenvalue weighted by molar-refractivity contribution is -0.432. The molecule has 38 nitrogen and oxygen atoms in total. The van der Waals surface area contributed by atoms with Crippen LogP contribution in [0.25, 0.3) is 12.2 Å². The van der Waals surface area contributed by atoms with Crippen LogP contribution in [0.4, 0.5) is 58.4 Å². The summed E-state index contributed by atoms with van der Waals surface area (Å²) in [4.78, 5) is 70.9. The van der Waals surface area contributed by atoms with E-state index in [-0.39, 0.29) is 42.9 Å².